The number of benzene rings is 1. The number of hydrogen-bond donors (Lipinski definition) is 1. The Morgan fingerprint density at radius 3 is 2.67 bits per heavy atom. The van der Waals surface area contributed by atoms with Gasteiger partial charge in [-0.15, -0.1) is 11.8 Å². The molecule has 4 heteroatoms. The molecule has 1 rings (SSSR count). The van der Waals surface area contributed by atoms with Crippen LogP contribution in [0.4, 0.5) is 0 Å². The molecule has 0 aliphatic carbocycles. The number of carbonyl (C=O) groups is 1. The standard InChI is InChI=1S/C17H28N2OS/c1-14-7-6-8-15(9-14)10-21-11-16(20)18-12-17(2,3)13-19(4)5/h6-9H,10-13H2,1-5H3,(H,18,20). The Kier molecular flexibility index (Phi) is 7.26. The molecule has 118 valence electrons. The van der Waals surface area contributed by atoms with E-state index >= 15 is 0 Å². The Morgan fingerprint density at radius 2 is 2.05 bits per heavy atom. The van der Waals surface area contributed by atoms with Crippen LogP contribution in [0.1, 0.15) is 25.0 Å². The van der Waals surface area contributed by atoms with Gasteiger partial charge in [-0.05, 0) is 32.0 Å². The number of hydrogen-bond acceptors (Lipinski definition) is 3. The SMILES string of the molecule is Cc1cccc(CSCC(=O)NCC(C)(C)CN(C)C)c1. The molecule has 0 saturated heterocycles. The third kappa shape index (κ3) is 8.12. The first kappa shape index (κ1) is 18.1. The number of nitrogens with zero attached hydrogens (tertiary/aromatic N) is 1. The van der Waals surface area contributed by atoms with Crippen LogP contribution in [0.5, 0.6) is 0 Å². The van der Waals surface area contributed by atoms with Crippen molar-refractivity contribution in [3.05, 3.63) is 35.4 Å². The highest BCUT2D eigenvalue weighted by Crippen LogP contribution is 2.15. The minimum Gasteiger partial charge on any atom is -0.355 e. The summed E-state index contributed by atoms with van der Waals surface area (Å²) in [6, 6.07) is 8.44. The summed E-state index contributed by atoms with van der Waals surface area (Å²) in [5.74, 6) is 1.53. The molecule has 1 N–H and O–H groups in total. The highest BCUT2D eigenvalue weighted by atomic mass is 32.2. The molecule has 0 atom stereocenters. The van der Waals surface area contributed by atoms with Crippen molar-refractivity contribution in [3.8, 4) is 0 Å². The van der Waals surface area contributed by atoms with E-state index in [9.17, 15) is 4.79 Å². The van der Waals surface area contributed by atoms with Crippen molar-refractivity contribution >= 4 is 17.7 Å². The van der Waals surface area contributed by atoms with E-state index in [2.05, 4.69) is 69.3 Å². The van der Waals surface area contributed by atoms with Crippen molar-refractivity contribution in [1.82, 2.24) is 10.2 Å². The van der Waals surface area contributed by atoms with Gasteiger partial charge in [0.1, 0.15) is 0 Å². The first-order valence-electron chi connectivity index (χ1n) is 7.33. The van der Waals surface area contributed by atoms with Gasteiger partial charge >= 0.3 is 0 Å². The maximum absolute atomic E-state index is 11.9. The summed E-state index contributed by atoms with van der Waals surface area (Å²) in [6.07, 6.45) is 0. The third-order valence-corrected chi connectivity index (χ3v) is 4.10. The van der Waals surface area contributed by atoms with Gasteiger partial charge in [-0.2, -0.15) is 0 Å². The summed E-state index contributed by atoms with van der Waals surface area (Å²) in [4.78, 5) is 14.0. The molecular weight excluding hydrogens is 280 g/mol. The molecule has 0 spiro atoms. The van der Waals surface area contributed by atoms with Crippen LogP contribution < -0.4 is 5.32 Å². The summed E-state index contributed by atoms with van der Waals surface area (Å²) in [7, 11) is 4.11. The largest absolute Gasteiger partial charge is 0.355 e. The lowest BCUT2D eigenvalue weighted by molar-refractivity contribution is -0.119. The number of nitrogens with one attached hydrogen (secondary N) is 1. The molecule has 0 aliphatic heterocycles. The predicted octanol–water partition coefficient (Wildman–Crippen LogP) is 2.93. The first-order chi connectivity index (χ1) is 9.78. The van der Waals surface area contributed by atoms with Crippen molar-refractivity contribution in [2.45, 2.75) is 26.5 Å². The zero-order chi connectivity index (χ0) is 15.9. The van der Waals surface area contributed by atoms with E-state index in [1.165, 1.54) is 11.1 Å². The van der Waals surface area contributed by atoms with Crippen LogP contribution >= 0.6 is 11.8 Å². The number of thioether (sulfide) groups is 1. The lowest BCUT2D eigenvalue weighted by Gasteiger charge is -2.28. The van der Waals surface area contributed by atoms with Crippen molar-refractivity contribution in [1.29, 1.82) is 0 Å². The second-order valence-electron chi connectivity index (χ2n) is 6.66. The van der Waals surface area contributed by atoms with Crippen LogP contribution in [0.2, 0.25) is 0 Å². The molecule has 1 amide bonds. The van der Waals surface area contributed by atoms with Crippen LogP contribution in [0.25, 0.3) is 0 Å². The second-order valence-corrected chi connectivity index (χ2v) is 7.65. The van der Waals surface area contributed by atoms with E-state index in [-0.39, 0.29) is 11.3 Å². The Labute approximate surface area is 133 Å². The summed E-state index contributed by atoms with van der Waals surface area (Å²) in [5, 5.41) is 3.04. The van der Waals surface area contributed by atoms with Crippen LogP contribution in [0.3, 0.4) is 0 Å². The molecule has 0 aliphatic rings. The highest BCUT2D eigenvalue weighted by Gasteiger charge is 2.19. The van der Waals surface area contributed by atoms with Gasteiger partial charge in [0.2, 0.25) is 5.91 Å². The van der Waals surface area contributed by atoms with Crippen molar-refractivity contribution in [2.24, 2.45) is 5.41 Å². The molecule has 0 unspecified atom stereocenters. The molecule has 0 radical (unpaired) electrons. The van der Waals surface area contributed by atoms with Gasteiger partial charge in [0.15, 0.2) is 0 Å². The minimum atomic E-state index is 0.0976. The Hall–Kier alpha value is -1.00. The lowest BCUT2D eigenvalue weighted by Crippen LogP contribution is -2.40. The van der Waals surface area contributed by atoms with E-state index in [4.69, 9.17) is 0 Å². The fraction of sp³-hybridized carbons (Fsp3) is 0.588. The smallest absolute Gasteiger partial charge is 0.230 e. The summed E-state index contributed by atoms with van der Waals surface area (Å²) >= 11 is 1.67. The Balaban J connectivity index is 2.25. The minimum absolute atomic E-state index is 0.0976. The van der Waals surface area contributed by atoms with Crippen molar-refractivity contribution in [3.63, 3.8) is 0 Å². The number of aryl methyl sites for hydroxylation is 1. The molecule has 0 heterocycles. The quantitative estimate of drug-likeness (QED) is 0.801. The number of amides is 1. The summed E-state index contributed by atoms with van der Waals surface area (Å²) < 4.78 is 0. The van der Waals surface area contributed by atoms with E-state index in [1.807, 2.05) is 0 Å². The zero-order valence-electron chi connectivity index (χ0n) is 13.9. The maximum Gasteiger partial charge on any atom is 0.230 e. The topological polar surface area (TPSA) is 32.3 Å². The summed E-state index contributed by atoms with van der Waals surface area (Å²) in [6.45, 7) is 8.12. The fourth-order valence-corrected chi connectivity index (χ4v) is 3.17. The lowest BCUT2D eigenvalue weighted by atomic mass is 9.93. The molecule has 21 heavy (non-hydrogen) atoms. The van der Waals surface area contributed by atoms with Crippen molar-refractivity contribution < 1.29 is 4.79 Å². The van der Waals surface area contributed by atoms with E-state index < -0.39 is 0 Å². The van der Waals surface area contributed by atoms with Gasteiger partial charge in [-0.1, -0.05) is 43.7 Å². The van der Waals surface area contributed by atoms with Gasteiger partial charge in [0, 0.05) is 18.8 Å². The van der Waals surface area contributed by atoms with E-state index in [1.54, 1.807) is 11.8 Å². The molecule has 1 aromatic carbocycles. The molecular formula is C17H28N2OS. The van der Waals surface area contributed by atoms with Crippen LogP contribution in [0.15, 0.2) is 24.3 Å². The molecule has 0 aromatic heterocycles. The number of carbonyl (C=O) groups excluding carboxylic acids is 1. The molecule has 0 fully saturated rings. The fourth-order valence-electron chi connectivity index (χ4n) is 2.36. The van der Waals surface area contributed by atoms with E-state index in [0.717, 1.165) is 18.8 Å². The van der Waals surface area contributed by atoms with E-state index in [0.29, 0.717) is 5.75 Å². The first-order valence-corrected chi connectivity index (χ1v) is 8.49. The molecule has 0 bridgehead atoms. The van der Waals surface area contributed by atoms with Gasteiger partial charge in [0.05, 0.1) is 5.75 Å². The number of rotatable bonds is 8. The molecule has 0 saturated carbocycles. The maximum atomic E-state index is 11.9. The van der Waals surface area contributed by atoms with Gasteiger partial charge in [0.25, 0.3) is 0 Å². The molecule has 1 aromatic rings. The summed E-state index contributed by atoms with van der Waals surface area (Å²) in [5.41, 5.74) is 2.64. The highest BCUT2D eigenvalue weighted by molar-refractivity contribution is 7.99. The monoisotopic (exact) mass is 308 g/mol. The second kappa shape index (κ2) is 8.44. The van der Waals surface area contributed by atoms with Gasteiger partial charge in [-0.3, -0.25) is 4.79 Å². The average Bonchev–Trinajstić information content (AvgIpc) is 2.35. The zero-order valence-corrected chi connectivity index (χ0v) is 14.7. The van der Waals surface area contributed by atoms with Crippen LogP contribution in [-0.4, -0.2) is 43.7 Å². The Morgan fingerprint density at radius 1 is 1.33 bits per heavy atom. The van der Waals surface area contributed by atoms with Crippen LogP contribution in [-0.2, 0) is 10.5 Å². The predicted molar refractivity (Wildman–Crippen MR) is 92.7 cm³/mol. The Bertz CT molecular complexity index is 458. The van der Waals surface area contributed by atoms with Gasteiger partial charge in [-0.25, -0.2) is 0 Å². The third-order valence-electron chi connectivity index (χ3n) is 3.09. The molecule has 3 nitrogen and oxygen atoms in total. The van der Waals surface area contributed by atoms with Gasteiger partial charge < -0.3 is 10.2 Å². The normalized spacial score (nSPS) is 11.7. The average molecular weight is 308 g/mol. The van der Waals surface area contributed by atoms with Crippen LogP contribution in [0, 0.1) is 12.3 Å². The van der Waals surface area contributed by atoms with Crippen molar-refractivity contribution in [2.75, 3.05) is 32.9 Å².